The van der Waals surface area contributed by atoms with Gasteiger partial charge in [-0.25, -0.2) is 0 Å². The van der Waals surface area contributed by atoms with Gasteiger partial charge in [-0.2, -0.15) is 0 Å². The van der Waals surface area contributed by atoms with E-state index in [-0.39, 0.29) is 0 Å². The van der Waals surface area contributed by atoms with Crippen molar-refractivity contribution in [3.8, 4) is 0 Å². The highest BCUT2D eigenvalue weighted by Gasteiger charge is 2.35. The first-order valence-corrected chi connectivity index (χ1v) is 4.46. The average molecular weight is 176 g/mol. The van der Waals surface area contributed by atoms with Gasteiger partial charge in [-0.15, -0.1) is 0 Å². The second kappa shape index (κ2) is 2.87. The minimum Gasteiger partial charge on any atom is -0.457 e. The number of carbonyl (C=O) groups excluding carboxylic acids is 1. The monoisotopic (exact) mass is 176 g/mol. The predicted octanol–water partition coefficient (Wildman–Crippen LogP) is 2.02. The largest absolute Gasteiger partial charge is 0.457 e. The minimum atomic E-state index is -0.391. The van der Waals surface area contributed by atoms with Crippen LogP contribution in [0.15, 0.2) is 24.3 Å². The molecule has 0 heterocycles. The van der Waals surface area contributed by atoms with Crippen LogP contribution in [0.3, 0.4) is 0 Å². The van der Waals surface area contributed by atoms with Gasteiger partial charge < -0.3 is 4.74 Å². The highest BCUT2D eigenvalue weighted by molar-refractivity contribution is 5.44. The smallest absolute Gasteiger partial charge is 0.293 e. The van der Waals surface area contributed by atoms with Crippen molar-refractivity contribution in [3.05, 3.63) is 35.4 Å². The van der Waals surface area contributed by atoms with E-state index in [1.807, 2.05) is 25.1 Å². The summed E-state index contributed by atoms with van der Waals surface area (Å²) in [6.07, 6.45) is 1.89. The molecule has 0 spiro atoms. The molecular formula is C11H12O2. The molecule has 0 fully saturated rings. The lowest BCUT2D eigenvalue weighted by atomic mass is 9.98. The highest BCUT2D eigenvalue weighted by Crippen LogP contribution is 2.38. The van der Waals surface area contributed by atoms with Crippen LogP contribution < -0.4 is 0 Å². The van der Waals surface area contributed by atoms with Crippen LogP contribution in [0.1, 0.15) is 24.5 Å². The fraction of sp³-hybridized carbons (Fsp3) is 0.364. The van der Waals surface area contributed by atoms with Gasteiger partial charge in [-0.1, -0.05) is 24.3 Å². The average Bonchev–Trinajstić information content (AvgIpc) is 2.46. The summed E-state index contributed by atoms with van der Waals surface area (Å²) >= 11 is 0. The van der Waals surface area contributed by atoms with Crippen LogP contribution >= 0.6 is 0 Å². The third-order valence-corrected chi connectivity index (χ3v) is 2.77. The number of hydrogen-bond donors (Lipinski definition) is 0. The third kappa shape index (κ3) is 1.22. The second-order valence-electron chi connectivity index (χ2n) is 3.60. The zero-order valence-electron chi connectivity index (χ0n) is 7.62. The molecule has 1 aromatic rings. The number of fused-ring (bicyclic) bond motifs is 1. The van der Waals surface area contributed by atoms with Gasteiger partial charge in [0.2, 0.25) is 0 Å². The molecule has 1 atom stereocenters. The van der Waals surface area contributed by atoms with Crippen molar-refractivity contribution >= 4 is 6.47 Å². The Hall–Kier alpha value is -1.31. The first-order chi connectivity index (χ1) is 6.26. The lowest BCUT2D eigenvalue weighted by Crippen LogP contribution is -2.21. The number of ether oxygens (including phenoxy) is 1. The van der Waals surface area contributed by atoms with E-state index in [1.54, 1.807) is 0 Å². The first kappa shape index (κ1) is 8.30. The van der Waals surface area contributed by atoms with Gasteiger partial charge in [0.15, 0.2) is 0 Å². The molecule has 1 unspecified atom stereocenters. The number of rotatable bonds is 2. The van der Waals surface area contributed by atoms with Crippen LogP contribution in [0.5, 0.6) is 0 Å². The minimum absolute atomic E-state index is 0.391. The molecule has 0 amide bonds. The Balaban J connectivity index is 2.42. The lowest BCUT2D eigenvalue weighted by molar-refractivity contribution is -0.142. The molecule has 0 saturated carbocycles. The lowest BCUT2D eigenvalue weighted by Gasteiger charge is -2.22. The molecule has 2 nitrogen and oxygen atoms in total. The van der Waals surface area contributed by atoms with Crippen LogP contribution in [0.2, 0.25) is 0 Å². The molecule has 68 valence electrons. The quantitative estimate of drug-likeness (QED) is 0.644. The number of hydrogen-bond acceptors (Lipinski definition) is 2. The second-order valence-corrected chi connectivity index (χ2v) is 3.60. The van der Waals surface area contributed by atoms with E-state index in [2.05, 4.69) is 6.07 Å². The summed E-state index contributed by atoms with van der Waals surface area (Å²) in [5.74, 6) is 0. The van der Waals surface area contributed by atoms with Crippen molar-refractivity contribution in [1.29, 1.82) is 0 Å². The van der Waals surface area contributed by atoms with Crippen molar-refractivity contribution in [2.24, 2.45) is 0 Å². The zero-order chi connectivity index (χ0) is 9.31. The van der Waals surface area contributed by atoms with Crippen molar-refractivity contribution in [1.82, 2.24) is 0 Å². The molecule has 0 radical (unpaired) electrons. The van der Waals surface area contributed by atoms with Gasteiger partial charge in [0.05, 0.1) is 0 Å². The van der Waals surface area contributed by atoms with Crippen LogP contribution in [0.4, 0.5) is 0 Å². The number of carbonyl (C=O) groups is 1. The van der Waals surface area contributed by atoms with Crippen LogP contribution in [-0.2, 0) is 21.6 Å². The standard InChI is InChI=1S/C11H12O2/c1-11(13-8-12)7-6-9-4-2-3-5-10(9)11/h2-5,8H,6-7H2,1H3. The Kier molecular flexibility index (Phi) is 1.83. The van der Waals surface area contributed by atoms with Crippen molar-refractivity contribution in [3.63, 3.8) is 0 Å². The molecule has 2 heteroatoms. The van der Waals surface area contributed by atoms with E-state index in [0.717, 1.165) is 18.4 Å². The first-order valence-electron chi connectivity index (χ1n) is 4.46. The van der Waals surface area contributed by atoms with Crippen molar-refractivity contribution in [2.45, 2.75) is 25.4 Å². The molecule has 0 bridgehead atoms. The summed E-state index contributed by atoms with van der Waals surface area (Å²) in [5, 5.41) is 0. The van der Waals surface area contributed by atoms with E-state index >= 15 is 0 Å². The maximum absolute atomic E-state index is 10.4. The van der Waals surface area contributed by atoms with Crippen LogP contribution in [0, 0.1) is 0 Å². The van der Waals surface area contributed by atoms with Gasteiger partial charge >= 0.3 is 0 Å². The maximum atomic E-state index is 10.4. The Labute approximate surface area is 77.5 Å². The topological polar surface area (TPSA) is 26.3 Å². The Morgan fingerprint density at radius 2 is 2.23 bits per heavy atom. The molecule has 1 aliphatic carbocycles. The van der Waals surface area contributed by atoms with Gasteiger partial charge in [-0.05, 0) is 30.9 Å². The molecule has 13 heavy (non-hydrogen) atoms. The van der Waals surface area contributed by atoms with Gasteiger partial charge in [0.25, 0.3) is 6.47 Å². The molecule has 0 N–H and O–H groups in total. The highest BCUT2D eigenvalue weighted by atomic mass is 16.5. The van der Waals surface area contributed by atoms with Crippen molar-refractivity contribution in [2.75, 3.05) is 0 Å². The Bertz CT molecular complexity index is 333. The third-order valence-electron chi connectivity index (χ3n) is 2.77. The fourth-order valence-electron chi connectivity index (χ4n) is 1.99. The van der Waals surface area contributed by atoms with E-state index in [1.165, 1.54) is 5.56 Å². The summed E-state index contributed by atoms with van der Waals surface area (Å²) in [4.78, 5) is 10.4. The van der Waals surface area contributed by atoms with Gasteiger partial charge in [0, 0.05) is 0 Å². The molecule has 0 aliphatic heterocycles. The fourth-order valence-corrected chi connectivity index (χ4v) is 1.99. The van der Waals surface area contributed by atoms with E-state index in [4.69, 9.17) is 4.74 Å². The van der Waals surface area contributed by atoms with E-state index in [0.29, 0.717) is 6.47 Å². The Morgan fingerprint density at radius 1 is 1.46 bits per heavy atom. The van der Waals surface area contributed by atoms with E-state index in [9.17, 15) is 4.79 Å². The molecule has 0 aromatic heterocycles. The van der Waals surface area contributed by atoms with Gasteiger partial charge in [-0.3, -0.25) is 4.79 Å². The predicted molar refractivity (Wildman–Crippen MR) is 49.3 cm³/mol. The van der Waals surface area contributed by atoms with Crippen LogP contribution in [-0.4, -0.2) is 6.47 Å². The number of benzene rings is 1. The molecule has 2 rings (SSSR count). The summed E-state index contributed by atoms with van der Waals surface area (Å²) < 4.78 is 5.14. The summed E-state index contributed by atoms with van der Waals surface area (Å²) in [6.45, 7) is 2.51. The molecule has 1 aromatic carbocycles. The number of aryl methyl sites for hydroxylation is 1. The summed E-state index contributed by atoms with van der Waals surface area (Å²) in [6, 6.07) is 8.13. The molecule has 1 aliphatic rings. The van der Waals surface area contributed by atoms with E-state index < -0.39 is 5.60 Å². The summed E-state index contributed by atoms with van der Waals surface area (Å²) in [7, 11) is 0. The maximum Gasteiger partial charge on any atom is 0.293 e. The van der Waals surface area contributed by atoms with Gasteiger partial charge in [0.1, 0.15) is 5.60 Å². The summed E-state index contributed by atoms with van der Waals surface area (Å²) in [5.41, 5.74) is 2.06. The SMILES string of the molecule is CC1(OC=O)CCc2ccccc21. The normalized spacial score (nSPS) is 25.3. The zero-order valence-corrected chi connectivity index (χ0v) is 7.62. The molecular weight excluding hydrogens is 164 g/mol. The molecule has 0 saturated heterocycles. The van der Waals surface area contributed by atoms with Crippen LogP contribution in [0.25, 0.3) is 0 Å². The van der Waals surface area contributed by atoms with Crippen molar-refractivity contribution < 1.29 is 9.53 Å². The Morgan fingerprint density at radius 3 is 3.00 bits per heavy atom.